The molecule has 7 aliphatic rings. The molecule has 5 saturated carbocycles. The van der Waals surface area contributed by atoms with Crippen molar-refractivity contribution in [1.82, 2.24) is 10.6 Å². The molecule has 0 aromatic heterocycles. The molecule has 6 aliphatic carbocycles. The van der Waals surface area contributed by atoms with Gasteiger partial charge in [0.25, 0.3) is 0 Å². The van der Waals surface area contributed by atoms with E-state index < -0.39 is 40.0 Å². The maximum absolute atomic E-state index is 15.3. The maximum atomic E-state index is 15.3. The predicted molar refractivity (Wildman–Crippen MR) is 249 cm³/mol. The van der Waals surface area contributed by atoms with Crippen molar-refractivity contribution in [2.75, 3.05) is 25.9 Å². The number of Topliss-reactive ketones (excluding diaryl/α,β-unsaturated/α-hetero) is 2. The number of phenolic OH excluding ortho intramolecular Hbond substituents is 1. The molecule has 6 fully saturated rings. The lowest BCUT2D eigenvalue weighted by atomic mass is 9.32. The summed E-state index contributed by atoms with van der Waals surface area (Å²) in [6.07, 6.45) is 9.76. The van der Waals surface area contributed by atoms with E-state index in [2.05, 4.69) is 56.5 Å². The van der Waals surface area contributed by atoms with Crippen molar-refractivity contribution in [2.24, 2.45) is 45.3 Å². The van der Waals surface area contributed by atoms with Crippen molar-refractivity contribution in [2.45, 2.75) is 173 Å². The molecule has 0 amide bonds. The van der Waals surface area contributed by atoms with Crippen LogP contribution in [0.25, 0.3) is 0 Å². The lowest BCUT2D eigenvalue weighted by molar-refractivity contribution is -0.210. The van der Waals surface area contributed by atoms with E-state index in [1.54, 1.807) is 13.0 Å². The van der Waals surface area contributed by atoms with Gasteiger partial charge in [-0.05, 0) is 172 Å². The fourth-order valence-electron chi connectivity index (χ4n) is 16.9. The summed E-state index contributed by atoms with van der Waals surface area (Å²) in [6.45, 7) is 11.6. The SMILES string of the molecule is CNCc1cc(O)cc([C@H]2C[C@]34CCCC[C@](C)(C2=O)[C@@H]3[C@@H](NC[C@H](C)O)C[C@@]2(CCO)[C@@H]4CCC3=C([C@H](C)C[C@@H](O)[C@H]4O[C@]4(C)[C@@H]4CCC[C@H]4c4cccc(N)c4)C(=O)C[C@@]32C)c1. The van der Waals surface area contributed by atoms with Crippen LogP contribution in [0.15, 0.2) is 53.6 Å². The number of fused-ring (bicyclic) bond motifs is 3. The zero-order chi connectivity index (χ0) is 45.6. The standard InChI is InChI=1S/C54H77N3O7/c1-31(21-43(61)49-52(5,64-49)40-14-10-13-38(40)34-11-9-12-36(55)24-34)46-41-15-16-45-53-18-8-7-17-50(3,48(63)39(26-53)35-22-33(30-56-6)23-37(60)25-35)47(53)42(57-29-32(2)59)27-54(45,19-20-58)51(41,4)28-44(46)62/h9,11-12,22-25,31-32,38-40,42-43,45,47,49,56-61H,7-8,10,13-21,26-30,55H2,1-6H3/t31-,32+,38+,39-,40-,42+,43-,45-,47+,49-,50+,51+,52-,53+,54+/m1/s1. The molecule has 2 aromatic rings. The van der Waals surface area contributed by atoms with Gasteiger partial charge in [0.2, 0.25) is 0 Å². The first-order valence-corrected chi connectivity index (χ1v) is 25.0. The molecular formula is C54H77N3O7. The quantitative estimate of drug-likeness (QED) is 0.0731. The molecule has 0 radical (unpaired) electrons. The first-order valence-electron chi connectivity index (χ1n) is 25.0. The second-order valence-corrected chi connectivity index (χ2v) is 22.8. The van der Waals surface area contributed by atoms with Crippen LogP contribution < -0.4 is 16.4 Å². The van der Waals surface area contributed by atoms with Crippen molar-refractivity contribution in [3.8, 4) is 5.75 Å². The number of anilines is 1. The van der Waals surface area contributed by atoms with Crippen LogP contribution in [0.2, 0.25) is 0 Å². The summed E-state index contributed by atoms with van der Waals surface area (Å²) in [7, 11) is 1.89. The summed E-state index contributed by atoms with van der Waals surface area (Å²) in [5, 5.41) is 52.2. The molecule has 2 bridgehead atoms. The second kappa shape index (κ2) is 16.9. The Balaban J connectivity index is 1.07. The average molecular weight is 880 g/mol. The van der Waals surface area contributed by atoms with Crippen LogP contribution in [-0.4, -0.2) is 82.1 Å². The van der Waals surface area contributed by atoms with Crippen molar-refractivity contribution in [1.29, 1.82) is 0 Å². The number of allylic oxidation sites excluding steroid dienone is 2. The predicted octanol–water partition coefficient (Wildman–Crippen LogP) is 7.86. The van der Waals surface area contributed by atoms with Crippen LogP contribution in [0.3, 0.4) is 0 Å². The summed E-state index contributed by atoms with van der Waals surface area (Å²) < 4.78 is 6.52. The molecule has 10 nitrogen and oxygen atoms in total. The van der Waals surface area contributed by atoms with Gasteiger partial charge in [0.1, 0.15) is 17.6 Å². The van der Waals surface area contributed by atoms with Gasteiger partial charge in [0.05, 0.1) is 17.8 Å². The van der Waals surface area contributed by atoms with Crippen molar-refractivity contribution < 1.29 is 34.8 Å². The summed E-state index contributed by atoms with van der Waals surface area (Å²) in [6, 6.07) is 13.8. The Kier molecular flexibility index (Phi) is 12.1. The summed E-state index contributed by atoms with van der Waals surface area (Å²) in [5.41, 5.74) is 9.79. The molecule has 10 heteroatoms. The average Bonchev–Trinajstić information content (AvgIpc) is 3.57. The van der Waals surface area contributed by atoms with Crippen LogP contribution in [0.4, 0.5) is 5.69 Å². The van der Waals surface area contributed by atoms with Gasteiger partial charge in [0, 0.05) is 54.6 Å². The number of phenols is 1. The molecule has 15 atom stereocenters. The van der Waals surface area contributed by atoms with Crippen molar-refractivity contribution in [3.05, 3.63) is 70.3 Å². The number of aliphatic hydroxyl groups is 3. The van der Waals surface area contributed by atoms with E-state index in [0.717, 1.165) is 80.2 Å². The summed E-state index contributed by atoms with van der Waals surface area (Å²) >= 11 is 0. The number of aliphatic hydroxyl groups excluding tert-OH is 3. The zero-order valence-electron chi connectivity index (χ0n) is 39.4. The van der Waals surface area contributed by atoms with Gasteiger partial charge in [-0.15, -0.1) is 0 Å². The molecule has 0 unspecified atom stereocenters. The van der Waals surface area contributed by atoms with E-state index >= 15 is 4.79 Å². The number of nitrogens with one attached hydrogen (secondary N) is 2. The fourth-order valence-corrected chi connectivity index (χ4v) is 16.9. The second-order valence-electron chi connectivity index (χ2n) is 22.8. The van der Waals surface area contributed by atoms with Crippen molar-refractivity contribution >= 4 is 17.3 Å². The molecule has 8 N–H and O–H groups in total. The molecule has 1 saturated heterocycles. The van der Waals surface area contributed by atoms with Crippen LogP contribution in [-0.2, 0) is 20.9 Å². The summed E-state index contributed by atoms with van der Waals surface area (Å²) in [5.74, 6) is 0.808. The molecular weight excluding hydrogens is 803 g/mol. The van der Waals surface area contributed by atoms with E-state index in [9.17, 15) is 25.2 Å². The van der Waals surface area contributed by atoms with Gasteiger partial charge in [-0.1, -0.05) is 63.8 Å². The Labute approximate surface area is 381 Å². The number of carbonyl (C=O) groups is 2. The minimum Gasteiger partial charge on any atom is -0.508 e. The van der Waals surface area contributed by atoms with Crippen LogP contribution in [0, 0.1) is 45.3 Å². The molecule has 1 heterocycles. The number of nitrogen functional groups attached to an aromatic ring is 1. The molecule has 2 aromatic carbocycles. The van der Waals surface area contributed by atoms with Gasteiger partial charge in [-0.2, -0.15) is 0 Å². The van der Waals surface area contributed by atoms with Gasteiger partial charge in [0.15, 0.2) is 5.78 Å². The minimum absolute atomic E-state index is 0.00404. The topological polar surface area (TPSA) is 178 Å². The van der Waals surface area contributed by atoms with Gasteiger partial charge < -0.3 is 41.5 Å². The lowest BCUT2D eigenvalue weighted by Crippen LogP contribution is -2.71. The monoisotopic (exact) mass is 880 g/mol. The third-order valence-electron chi connectivity index (χ3n) is 19.2. The minimum atomic E-state index is -0.715. The Bertz CT molecular complexity index is 2160. The number of carbonyl (C=O) groups excluding carboxylic acids is 2. The third kappa shape index (κ3) is 7.17. The fraction of sp³-hybridized carbons (Fsp3) is 0.704. The number of rotatable bonds is 14. The Morgan fingerprint density at radius 2 is 1.73 bits per heavy atom. The molecule has 350 valence electrons. The number of hydrogen-bond donors (Lipinski definition) is 7. The highest BCUT2D eigenvalue weighted by Crippen LogP contribution is 2.78. The van der Waals surface area contributed by atoms with E-state index in [4.69, 9.17) is 10.5 Å². The molecule has 64 heavy (non-hydrogen) atoms. The number of epoxide rings is 1. The molecule has 9 rings (SSSR count). The maximum Gasteiger partial charge on any atom is 0.159 e. The van der Waals surface area contributed by atoms with E-state index in [1.165, 1.54) is 11.1 Å². The number of hydrogen-bond acceptors (Lipinski definition) is 10. The lowest BCUT2D eigenvalue weighted by Gasteiger charge is -2.72. The number of ether oxygens (including phenoxy) is 1. The summed E-state index contributed by atoms with van der Waals surface area (Å²) in [4.78, 5) is 30.2. The highest BCUT2D eigenvalue weighted by molar-refractivity contribution is 6.00. The van der Waals surface area contributed by atoms with Gasteiger partial charge in [-0.3, -0.25) is 9.59 Å². The smallest absolute Gasteiger partial charge is 0.159 e. The van der Waals surface area contributed by atoms with E-state index in [-0.39, 0.29) is 65.2 Å². The van der Waals surface area contributed by atoms with E-state index in [1.807, 2.05) is 25.2 Å². The van der Waals surface area contributed by atoms with Crippen LogP contribution in [0.5, 0.6) is 5.75 Å². The van der Waals surface area contributed by atoms with Crippen LogP contribution >= 0.6 is 0 Å². The number of aromatic hydroxyl groups is 1. The molecule has 0 spiro atoms. The normalized spacial score (nSPS) is 40.6. The highest BCUT2D eigenvalue weighted by Gasteiger charge is 2.74. The van der Waals surface area contributed by atoms with Crippen molar-refractivity contribution in [3.63, 3.8) is 0 Å². The van der Waals surface area contributed by atoms with Gasteiger partial charge in [-0.25, -0.2) is 0 Å². The number of nitrogens with two attached hydrogens (primary N) is 1. The largest absolute Gasteiger partial charge is 0.508 e. The molecule has 1 aliphatic heterocycles. The Hall–Kier alpha value is -3.12. The highest BCUT2D eigenvalue weighted by atomic mass is 16.6. The Morgan fingerprint density at radius 3 is 2.47 bits per heavy atom. The van der Waals surface area contributed by atoms with E-state index in [0.29, 0.717) is 51.1 Å². The first kappa shape index (κ1) is 46.0. The Morgan fingerprint density at radius 1 is 0.953 bits per heavy atom. The van der Waals surface area contributed by atoms with Crippen LogP contribution in [0.1, 0.15) is 153 Å². The zero-order valence-corrected chi connectivity index (χ0v) is 39.4. The number of benzene rings is 2. The first-order chi connectivity index (χ1) is 30.5. The van der Waals surface area contributed by atoms with Gasteiger partial charge >= 0.3 is 0 Å². The number of ketones is 2. The third-order valence-corrected chi connectivity index (χ3v) is 19.2.